The number of para-hydroxylation sites is 2. The minimum absolute atomic E-state index is 0.0212. The van der Waals surface area contributed by atoms with Gasteiger partial charge in [0.25, 0.3) is 5.56 Å². The van der Waals surface area contributed by atoms with Crippen molar-refractivity contribution in [1.29, 1.82) is 0 Å². The van der Waals surface area contributed by atoms with E-state index in [2.05, 4.69) is 9.97 Å². The summed E-state index contributed by atoms with van der Waals surface area (Å²) in [7, 11) is 0. The van der Waals surface area contributed by atoms with Crippen LogP contribution in [-0.2, 0) is 6.54 Å². The van der Waals surface area contributed by atoms with E-state index >= 15 is 0 Å². The summed E-state index contributed by atoms with van der Waals surface area (Å²) in [5.74, 6) is 0.0212. The minimum Gasteiger partial charge on any atom is -0.360 e. The van der Waals surface area contributed by atoms with Crippen molar-refractivity contribution < 1.29 is 4.79 Å². The van der Waals surface area contributed by atoms with Crippen LogP contribution >= 0.6 is 11.8 Å². The SMILES string of the molecule is CCCn1c(SC(C)C(=O)c2c[nH]c3ccccc23)nc2ccccc2c1=O. The lowest BCUT2D eigenvalue weighted by Gasteiger charge is -2.15. The second kappa shape index (κ2) is 7.64. The molecule has 4 aromatic rings. The van der Waals surface area contributed by atoms with Gasteiger partial charge in [-0.15, -0.1) is 0 Å². The molecule has 6 heteroatoms. The van der Waals surface area contributed by atoms with E-state index in [1.807, 2.05) is 56.3 Å². The molecule has 0 aliphatic heterocycles. The molecule has 2 heterocycles. The van der Waals surface area contributed by atoms with Gasteiger partial charge in [-0.2, -0.15) is 0 Å². The Morgan fingerprint density at radius 3 is 2.64 bits per heavy atom. The first-order chi connectivity index (χ1) is 13.6. The van der Waals surface area contributed by atoms with Crippen LogP contribution in [0.3, 0.4) is 0 Å². The maximum atomic E-state index is 13.1. The van der Waals surface area contributed by atoms with E-state index in [1.165, 1.54) is 11.8 Å². The Kier molecular flexibility index (Phi) is 5.05. The number of hydrogen-bond acceptors (Lipinski definition) is 4. The predicted octanol–water partition coefficient (Wildman–Crippen LogP) is 4.65. The summed E-state index contributed by atoms with van der Waals surface area (Å²) >= 11 is 1.34. The van der Waals surface area contributed by atoms with Gasteiger partial charge in [0.2, 0.25) is 0 Å². The van der Waals surface area contributed by atoms with Gasteiger partial charge in [0, 0.05) is 29.2 Å². The number of thioether (sulfide) groups is 1. The monoisotopic (exact) mass is 391 g/mol. The smallest absolute Gasteiger partial charge is 0.262 e. The van der Waals surface area contributed by atoms with Crippen LogP contribution in [0.25, 0.3) is 21.8 Å². The predicted molar refractivity (Wildman–Crippen MR) is 114 cm³/mol. The maximum Gasteiger partial charge on any atom is 0.262 e. The number of carbonyl (C=O) groups is 1. The Morgan fingerprint density at radius 1 is 1.14 bits per heavy atom. The first kappa shape index (κ1) is 18.5. The number of nitrogens with one attached hydrogen (secondary N) is 1. The number of fused-ring (bicyclic) bond motifs is 2. The van der Waals surface area contributed by atoms with E-state index in [0.29, 0.717) is 28.2 Å². The summed E-state index contributed by atoms with van der Waals surface area (Å²) in [6.45, 7) is 4.47. The van der Waals surface area contributed by atoms with E-state index in [0.717, 1.165) is 17.3 Å². The molecule has 28 heavy (non-hydrogen) atoms. The number of aromatic nitrogens is 3. The highest BCUT2D eigenvalue weighted by Gasteiger charge is 2.22. The van der Waals surface area contributed by atoms with Gasteiger partial charge in [0.1, 0.15) is 0 Å². The van der Waals surface area contributed by atoms with E-state index in [4.69, 9.17) is 0 Å². The Hall–Kier alpha value is -2.86. The number of carbonyl (C=O) groups excluding carboxylic acids is 1. The molecule has 0 saturated carbocycles. The third kappa shape index (κ3) is 3.24. The number of ketones is 1. The largest absolute Gasteiger partial charge is 0.360 e. The Labute approximate surface area is 166 Å². The van der Waals surface area contributed by atoms with Crippen LogP contribution in [0.5, 0.6) is 0 Å². The van der Waals surface area contributed by atoms with Crippen molar-refractivity contribution in [3.63, 3.8) is 0 Å². The molecular formula is C22H21N3O2S. The third-order valence-electron chi connectivity index (χ3n) is 4.78. The van der Waals surface area contributed by atoms with E-state index in [9.17, 15) is 9.59 Å². The van der Waals surface area contributed by atoms with Crippen molar-refractivity contribution >= 4 is 39.4 Å². The van der Waals surface area contributed by atoms with Crippen molar-refractivity contribution in [3.8, 4) is 0 Å². The Morgan fingerprint density at radius 2 is 1.86 bits per heavy atom. The molecule has 1 N–H and O–H groups in total. The normalized spacial score (nSPS) is 12.5. The number of Topliss-reactive ketones (excluding diaryl/α,β-unsaturated/α-hetero) is 1. The lowest BCUT2D eigenvalue weighted by Crippen LogP contribution is -2.25. The van der Waals surface area contributed by atoms with Gasteiger partial charge in [0.15, 0.2) is 10.9 Å². The van der Waals surface area contributed by atoms with E-state index in [1.54, 1.807) is 16.8 Å². The molecular weight excluding hydrogens is 370 g/mol. The molecule has 0 bridgehead atoms. The summed E-state index contributed by atoms with van der Waals surface area (Å²) in [6, 6.07) is 15.1. The zero-order chi connectivity index (χ0) is 19.7. The van der Waals surface area contributed by atoms with Gasteiger partial charge < -0.3 is 4.98 Å². The average Bonchev–Trinajstić information content (AvgIpc) is 3.14. The van der Waals surface area contributed by atoms with Crippen molar-refractivity contribution in [2.75, 3.05) is 0 Å². The van der Waals surface area contributed by atoms with Crippen molar-refractivity contribution in [3.05, 3.63) is 70.6 Å². The van der Waals surface area contributed by atoms with Crippen molar-refractivity contribution in [2.45, 2.75) is 37.2 Å². The summed E-state index contributed by atoms with van der Waals surface area (Å²) < 4.78 is 1.69. The van der Waals surface area contributed by atoms with Gasteiger partial charge in [-0.05, 0) is 31.5 Å². The van der Waals surface area contributed by atoms with Gasteiger partial charge in [0.05, 0.1) is 16.2 Å². The molecule has 2 aromatic heterocycles. The average molecular weight is 391 g/mol. The van der Waals surface area contributed by atoms with Crippen LogP contribution in [-0.4, -0.2) is 25.6 Å². The molecule has 0 aliphatic carbocycles. The lowest BCUT2D eigenvalue weighted by atomic mass is 10.1. The van der Waals surface area contributed by atoms with Crippen LogP contribution < -0.4 is 5.56 Å². The first-order valence-electron chi connectivity index (χ1n) is 9.36. The minimum atomic E-state index is -0.365. The first-order valence-corrected chi connectivity index (χ1v) is 10.2. The topological polar surface area (TPSA) is 67.8 Å². The molecule has 5 nitrogen and oxygen atoms in total. The number of benzene rings is 2. The third-order valence-corrected chi connectivity index (χ3v) is 5.87. The molecule has 0 saturated heterocycles. The maximum absolute atomic E-state index is 13.1. The molecule has 0 amide bonds. The van der Waals surface area contributed by atoms with E-state index in [-0.39, 0.29) is 16.6 Å². The van der Waals surface area contributed by atoms with Gasteiger partial charge >= 0.3 is 0 Å². The number of hydrogen-bond donors (Lipinski definition) is 1. The highest BCUT2D eigenvalue weighted by atomic mass is 32.2. The summed E-state index contributed by atoms with van der Waals surface area (Å²) in [4.78, 5) is 33.8. The number of nitrogens with zero attached hydrogens (tertiary/aromatic N) is 2. The van der Waals surface area contributed by atoms with Crippen LogP contribution in [0.1, 0.15) is 30.6 Å². The Balaban J connectivity index is 1.71. The highest BCUT2D eigenvalue weighted by molar-refractivity contribution is 8.00. The molecule has 0 aliphatic rings. The lowest BCUT2D eigenvalue weighted by molar-refractivity contribution is 0.0995. The van der Waals surface area contributed by atoms with Crippen molar-refractivity contribution in [1.82, 2.24) is 14.5 Å². The molecule has 142 valence electrons. The molecule has 4 rings (SSSR count). The highest BCUT2D eigenvalue weighted by Crippen LogP contribution is 2.27. The second-order valence-electron chi connectivity index (χ2n) is 6.74. The molecule has 1 unspecified atom stereocenters. The summed E-state index contributed by atoms with van der Waals surface area (Å²) in [5.41, 5.74) is 2.21. The fourth-order valence-electron chi connectivity index (χ4n) is 3.36. The second-order valence-corrected chi connectivity index (χ2v) is 8.05. The number of H-pyrrole nitrogens is 1. The van der Waals surface area contributed by atoms with Crippen molar-refractivity contribution in [2.24, 2.45) is 0 Å². The zero-order valence-corrected chi connectivity index (χ0v) is 16.6. The number of rotatable bonds is 6. The van der Waals surface area contributed by atoms with Crippen LogP contribution in [0, 0.1) is 0 Å². The zero-order valence-electron chi connectivity index (χ0n) is 15.8. The quantitative estimate of drug-likeness (QED) is 0.295. The summed E-state index contributed by atoms with van der Waals surface area (Å²) in [5, 5.41) is 1.75. The Bertz CT molecular complexity index is 1230. The molecule has 0 spiro atoms. The van der Waals surface area contributed by atoms with Crippen LogP contribution in [0.4, 0.5) is 0 Å². The van der Waals surface area contributed by atoms with Gasteiger partial charge in [-0.3, -0.25) is 14.2 Å². The van der Waals surface area contributed by atoms with Gasteiger partial charge in [-0.1, -0.05) is 49.0 Å². The standard InChI is InChI=1S/C22H21N3O2S/c1-3-12-25-21(27)16-9-5-7-11-19(16)24-22(25)28-14(2)20(26)17-13-23-18-10-6-4-8-15(17)18/h4-11,13-14,23H,3,12H2,1-2H3. The molecule has 2 aromatic carbocycles. The van der Waals surface area contributed by atoms with Gasteiger partial charge in [-0.25, -0.2) is 4.98 Å². The number of aromatic amines is 1. The molecule has 1 atom stereocenters. The summed E-state index contributed by atoms with van der Waals surface area (Å²) in [6.07, 6.45) is 2.58. The van der Waals surface area contributed by atoms with E-state index < -0.39 is 0 Å². The fourth-order valence-corrected chi connectivity index (χ4v) is 4.37. The molecule has 0 fully saturated rings. The van der Waals surface area contributed by atoms with Crippen LogP contribution in [0.2, 0.25) is 0 Å². The molecule has 0 radical (unpaired) electrons. The fraction of sp³-hybridized carbons (Fsp3) is 0.227. The van der Waals surface area contributed by atoms with Crippen LogP contribution in [0.15, 0.2) is 64.7 Å².